The van der Waals surface area contributed by atoms with E-state index in [0.717, 1.165) is 16.8 Å². The lowest BCUT2D eigenvalue weighted by atomic mass is 10.0. The Kier molecular flexibility index (Phi) is 5.22. The molecule has 1 aliphatic heterocycles. The first kappa shape index (κ1) is 19.0. The van der Waals surface area contributed by atoms with E-state index in [9.17, 15) is 9.59 Å². The van der Waals surface area contributed by atoms with Gasteiger partial charge in [-0.25, -0.2) is 0 Å². The fraction of sp³-hybridized carbons (Fsp3) is 0.190. The largest absolute Gasteiger partial charge is 0.469 e. The normalized spacial score (nSPS) is 12.4. The van der Waals surface area contributed by atoms with Gasteiger partial charge in [-0.2, -0.15) is 0 Å². The predicted octanol–water partition coefficient (Wildman–Crippen LogP) is 2.74. The van der Waals surface area contributed by atoms with Crippen molar-refractivity contribution in [2.24, 2.45) is 4.99 Å². The van der Waals surface area contributed by atoms with Crippen molar-refractivity contribution >= 4 is 23.3 Å². The lowest BCUT2D eigenvalue weighted by Crippen LogP contribution is -2.29. The van der Waals surface area contributed by atoms with Crippen LogP contribution < -0.4 is 5.56 Å². The minimum atomic E-state index is -0.409. The molecule has 146 valence electrons. The zero-order chi connectivity index (χ0) is 20.4. The van der Waals surface area contributed by atoms with Gasteiger partial charge in [-0.3, -0.25) is 19.1 Å². The fourth-order valence-corrected chi connectivity index (χ4v) is 3.42. The summed E-state index contributed by atoms with van der Waals surface area (Å²) in [6.07, 6.45) is 0.202. The molecule has 0 amide bonds. The SMILES string of the molecule is COC(=O)CCc1nnc2n(c1=O)-c1ccc(Cl)cc1C(c1ccccc1)=NC2. The molecule has 0 atom stereocenters. The van der Waals surface area contributed by atoms with E-state index >= 15 is 0 Å². The van der Waals surface area contributed by atoms with E-state index in [-0.39, 0.29) is 30.6 Å². The van der Waals surface area contributed by atoms with E-state index in [1.807, 2.05) is 30.3 Å². The smallest absolute Gasteiger partial charge is 0.305 e. The number of carbonyl (C=O) groups excluding carboxylic acids is 1. The summed E-state index contributed by atoms with van der Waals surface area (Å²) in [5, 5.41) is 8.79. The number of fused-ring (bicyclic) bond motifs is 3. The zero-order valence-corrected chi connectivity index (χ0v) is 16.4. The van der Waals surface area contributed by atoms with Gasteiger partial charge in [-0.15, -0.1) is 10.2 Å². The van der Waals surface area contributed by atoms with Gasteiger partial charge in [-0.1, -0.05) is 41.9 Å². The molecule has 0 radical (unpaired) electrons. The van der Waals surface area contributed by atoms with Gasteiger partial charge in [0, 0.05) is 22.6 Å². The lowest BCUT2D eigenvalue weighted by molar-refractivity contribution is -0.140. The van der Waals surface area contributed by atoms with Crippen LogP contribution >= 0.6 is 11.6 Å². The van der Waals surface area contributed by atoms with Crippen molar-refractivity contribution in [3.63, 3.8) is 0 Å². The van der Waals surface area contributed by atoms with E-state index in [4.69, 9.17) is 16.6 Å². The van der Waals surface area contributed by atoms with E-state index in [1.165, 1.54) is 11.7 Å². The molecule has 2 aromatic carbocycles. The first-order valence-corrected chi connectivity index (χ1v) is 9.40. The molecule has 0 fully saturated rings. The minimum Gasteiger partial charge on any atom is -0.469 e. The number of ether oxygens (including phenoxy) is 1. The number of hydrogen-bond donors (Lipinski definition) is 0. The van der Waals surface area contributed by atoms with Crippen LogP contribution in [0.1, 0.15) is 29.1 Å². The molecule has 1 aliphatic rings. The molecule has 2 heterocycles. The third-order valence-corrected chi connectivity index (χ3v) is 4.90. The number of carbonyl (C=O) groups is 1. The van der Waals surface area contributed by atoms with E-state index < -0.39 is 5.97 Å². The molecule has 8 heteroatoms. The maximum atomic E-state index is 13.2. The summed E-state index contributed by atoms with van der Waals surface area (Å²) >= 11 is 6.26. The summed E-state index contributed by atoms with van der Waals surface area (Å²) < 4.78 is 6.15. The Bertz CT molecular complexity index is 1170. The van der Waals surface area contributed by atoms with Gasteiger partial charge in [0.1, 0.15) is 12.2 Å². The Hall–Kier alpha value is -3.32. The van der Waals surface area contributed by atoms with Crippen molar-refractivity contribution < 1.29 is 9.53 Å². The number of aliphatic imine (C=N–C) groups is 1. The number of esters is 1. The van der Waals surface area contributed by atoms with Crippen LogP contribution in [0, 0.1) is 0 Å². The highest BCUT2D eigenvalue weighted by Crippen LogP contribution is 2.26. The highest BCUT2D eigenvalue weighted by molar-refractivity contribution is 6.31. The highest BCUT2D eigenvalue weighted by atomic mass is 35.5. The van der Waals surface area contributed by atoms with Gasteiger partial charge in [0.15, 0.2) is 5.82 Å². The minimum absolute atomic E-state index is 0.0546. The van der Waals surface area contributed by atoms with E-state index in [1.54, 1.807) is 18.2 Å². The summed E-state index contributed by atoms with van der Waals surface area (Å²) in [6.45, 7) is 0.191. The Labute approximate surface area is 171 Å². The molecule has 3 aromatic rings. The Morgan fingerprint density at radius 1 is 1.17 bits per heavy atom. The second-order valence-electron chi connectivity index (χ2n) is 6.47. The van der Waals surface area contributed by atoms with Crippen LogP contribution in [0.15, 0.2) is 58.3 Å². The van der Waals surface area contributed by atoms with Crippen LogP contribution in [-0.2, 0) is 22.5 Å². The van der Waals surface area contributed by atoms with Crippen molar-refractivity contribution in [1.82, 2.24) is 14.8 Å². The molecule has 0 spiro atoms. The van der Waals surface area contributed by atoms with Gasteiger partial charge < -0.3 is 4.74 Å². The summed E-state index contributed by atoms with van der Waals surface area (Å²) in [5.41, 5.74) is 2.87. The standard InChI is InChI=1S/C21H17ClN4O3/c1-29-19(27)10-8-16-21(28)26-17-9-7-14(22)11-15(17)20(13-5-3-2-4-6-13)23-12-18(26)25-24-16/h2-7,9,11H,8,10,12H2,1H3. The van der Waals surface area contributed by atoms with Crippen molar-refractivity contribution in [2.75, 3.05) is 7.11 Å². The average Bonchev–Trinajstić information content (AvgIpc) is 2.90. The topological polar surface area (TPSA) is 86.4 Å². The second-order valence-corrected chi connectivity index (χ2v) is 6.91. The van der Waals surface area contributed by atoms with Crippen molar-refractivity contribution in [3.8, 4) is 5.69 Å². The molecule has 0 bridgehead atoms. The molecule has 4 rings (SSSR count). The number of aryl methyl sites for hydroxylation is 1. The van der Waals surface area contributed by atoms with Crippen molar-refractivity contribution in [2.45, 2.75) is 19.4 Å². The Balaban J connectivity index is 1.87. The van der Waals surface area contributed by atoms with Crippen LogP contribution in [-0.4, -0.2) is 33.6 Å². The lowest BCUT2D eigenvalue weighted by Gasteiger charge is -2.14. The van der Waals surface area contributed by atoms with Gasteiger partial charge in [0.05, 0.1) is 24.9 Å². The number of halogens is 1. The third kappa shape index (κ3) is 3.69. The number of methoxy groups -OCH3 is 1. The number of aromatic nitrogens is 3. The number of hydrogen-bond acceptors (Lipinski definition) is 6. The molecule has 29 heavy (non-hydrogen) atoms. The molecular weight excluding hydrogens is 392 g/mol. The molecule has 0 N–H and O–H groups in total. The van der Waals surface area contributed by atoms with E-state index in [0.29, 0.717) is 16.5 Å². The van der Waals surface area contributed by atoms with Crippen LogP contribution in [0.3, 0.4) is 0 Å². The quantitative estimate of drug-likeness (QED) is 0.619. The van der Waals surface area contributed by atoms with E-state index in [2.05, 4.69) is 14.9 Å². The molecule has 0 saturated carbocycles. The highest BCUT2D eigenvalue weighted by Gasteiger charge is 2.23. The van der Waals surface area contributed by atoms with Crippen LogP contribution in [0.2, 0.25) is 5.02 Å². The second kappa shape index (κ2) is 7.97. The van der Waals surface area contributed by atoms with Crippen molar-refractivity contribution in [1.29, 1.82) is 0 Å². The number of nitrogens with zero attached hydrogens (tertiary/aromatic N) is 4. The maximum absolute atomic E-state index is 13.2. The molecule has 1 aromatic heterocycles. The zero-order valence-electron chi connectivity index (χ0n) is 15.6. The van der Waals surface area contributed by atoms with Gasteiger partial charge in [-0.05, 0) is 18.2 Å². The number of benzene rings is 2. The summed E-state index contributed by atoms with van der Waals surface area (Å²) in [7, 11) is 1.31. The van der Waals surface area contributed by atoms with Gasteiger partial charge >= 0.3 is 5.97 Å². The Morgan fingerprint density at radius 2 is 1.97 bits per heavy atom. The summed E-state index contributed by atoms with van der Waals surface area (Å²) in [4.78, 5) is 29.3. The van der Waals surface area contributed by atoms with Crippen LogP contribution in [0.25, 0.3) is 5.69 Å². The molecule has 0 saturated heterocycles. The monoisotopic (exact) mass is 408 g/mol. The van der Waals surface area contributed by atoms with Crippen LogP contribution in [0.5, 0.6) is 0 Å². The molecule has 0 unspecified atom stereocenters. The van der Waals surface area contributed by atoms with Gasteiger partial charge in [0.25, 0.3) is 5.56 Å². The number of rotatable bonds is 4. The average molecular weight is 409 g/mol. The first-order valence-electron chi connectivity index (χ1n) is 9.03. The molecule has 0 aliphatic carbocycles. The summed E-state index contributed by atoms with van der Waals surface area (Å²) in [6, 6.07) is 15.0. The predicted molar refractivity (Wildman–Crippen MR) is 109 cm³/mol. The van der Waals surface area contributed by atoms with Crippen molar-refractivity contribution in [3.05, 3.63) is 86.6 Å². The Morgan fingerprint density at radius 3 is 2.72 bits per heavy atom. The van der Waals surface area contributed by atoms with Crippen LogP contribution in [0.4, 0.5) is 0 Å². The maximum Gasteiger partial charge on any atom is 0.305 e. The molecular formula is C21H17ClN4O3. The fourth-order valence-electron chi connectivity index (χ4n) is 3.25. The summed E-state index contributed by atoms with van der Waals surface area (Å²) in [5.74, 6) is 0.0133. The third-order valence-electron chi connectivity index (χ3n) is 4.67. The van der Waals surface area contributed by atoms with Gasteiger partial charge in [0.2, 0.25) is 0 Å². The molecule has 7 nitrogen and oxygen atoms in total. The first-order chi connectivity index (χ1) is 14.1.